The number of fused-ring (bicyclic) bond motifs is 1. The van der Waals surface area contributed by atoms with Crippen LogP contribution in [0, 0.1) is 0 Å². The van der Waals surface area contributed by atoms with Crippen molar-refractivity contribution in [3.05, 3.63) is 57.2 Å². The molecule has 0 spiro atoms. The number of nitrogens with zero attached hydrogens (tertiary/aromatic N) is 3. The van der Waals surface area contributed by atoms with E-state index in [0.29, 0.717) is 40.4 Å². The first-order chi connectivity index (χ1) is 14.3. The van der Waals surface area contributed by atoms with Crippen molar-refractivity contribution in [3.63, 3.8) is 0 Å². The lowest BCUT2D eigenvalue weighted by Crippen LogP contribution is -2.20. The Morgan fingerprint density at radius 1 is 1.20 bits per heavy atom. The van der Waals surface area contributed by atoms with Gasteiger partial charge < -0.3 is 14.0 Å². The Morgan fingerprint density at radius 2 is 1.83 bits per heavy atom. The maximum absolute atomic E-state index is 13.0. The van der Waals surface area contributed by atoms with Crippen LogP contribution in [0.15, 0.2) is 35.8 Å². The Labute approximate surface area is 182 Å². The number of methoxy groups -OCH3 is 2. The van der Waals surface area contributed by atoms with Crippen LogP contribution in [0.25, 0.3) is 22.2 Å². The van der Waals surface area contributed by atoms with Crippen LogP contribution in [0.3, 0.4) is 0 Å². The third kappa shape index (κ3) is 3.91. The van der Waals surface area contributed by atoms with E-state index >= 15 is 0 Å². The molecule has 0 fully saturated rings. The minimum Gasteiger partial charge on any atom is -0.495 e. The number of pyridine rings is 1. The molecule has 0 aliphatic carbocycles. The second-order valence-corrected chi connectivity index (χ2v) is 7.19. The third-order valence-corrected chi connectivity index (χ3v) is 5.43. The zero-order valence-electron chi connectivity index (χ0n) is 16.7. The lowest BCUT2D eigenvalue weighted by Gasteiger charge is -2.17. The number of carbonyl (C=O) groups excluding carboxylic acids is 1. The van der Waals surface area contributed by atoms with Crippen molar-refractivity contribution < 1.29 is 14.3 Å². The quantitative estimate of drug-likeness (QED) is 0.508. The van der Waals surface area contributed by atoms with Crippen LogP contribution in [-0.2, 0) is 18.3 Å². The van der Waals surface area contributed by atoms with Crippen LogP contribution in [-0.4, -0.2) is 34.5 Å². The minimum atomic E-state index is -0.352. The summed E-state index contributed by atoms with van der Waals surface area (Å²) in [6, 6.07) is 3.30. The molecular formula is C21H19Cl2N3O4. The number of ketones is 1. The summed E-state index contributed by atoms with van der Waals surface area (Å²) in [6.45, 7) is 3.44. The largest absolute Gasteiger partial charge is 0.495 e. The van der Waals surface area contributed by atoms with Crippen LogP contribution >= 0.6 is 23.2 Å². The van der Waals surface area contributed by atoms with E-state index < -0.39 is 0 Å². The molecule has 0 unspecified atom stereocenters. The van der Waals surface area contributed by atoms with Crippen LogP contribution in [0.4, 0.5) is 0 Å². The van der Waals surface area contributed by atoms with E-state index in [1.165, 1.54) is 24.9 Å². The van der Waals surface area contributed by atoms with Gasteiger partial charge in [0.2, 0.25) is 0 Å². The smallest absolute Gasteiger partial charge is 0.277 e. The molecule has 7 nitrogen and oxygen atoms in total. The molecule has 0 radical (unpaired) electrons. The SMILES string of the molecule is C=CC(=O)CCc1ncc2cc(-c3c(Cl)c(OC)cc(OC)c3Cl)n(C)c(=O)c2n1. The number of aromatic nitrogens is 3. The van der Waals surface area contributed by atoms with E-state index in [1.54, 1.807) is 25.4 Å². The van der Waals surface area contributed by atoms with Crippen molar-refractivity contribution in [1.82, 2.24) is 14.5 Å². The minimum absolute atomic E-state index is 0.113. The number of rotatable bonds is 7. The molecule has 0 atom stereocenters. The summed E-state index contributed by atoms with van der Waals surface area (Å²) in [5.41, 5.74) is 0.740. The molecule has 0 N–H and O–H groups in total. The van der Waals surface area contributed by atoms with Crippen molar-refractivity contribution in [2.45, 2.75) is 12.8 Å². The second kappa shape index (κ2) is 8.85. The van der Waals surface area contributed by atoms with Crippen LogP contribution in [0.2, 0.25) is 10.0 Å². The zero-order chi connectivity index (χ0) is 22.0. The number of aryl methyl sites for hydroxylation is 1. The summed E-state index contributed by atoms with van der Waals surface area (Å²) in [4.78, 5) is 33.1. The zero-order valence-corrected chi connectivity index (χ0v) is 18.2. The van der Waals surface area contributed by atoms with Crippen molar-refractivity contribution in [2.75, 3.05) is 14.2 Å². The topological polar surface area (TPSA) is 83.3 Å². The maximum Gasteiger partial charge on any atom is 0.277 e. The highest BCUT2D eigenvalue weighted by Gasteiger charge is 2.22. The van der Waals surface area contributed by atoms with Gasteiger partial charge in [-0.2, -0.15) is 0 Å². The molecule has 2 heterocycles. The van der Waals surface area contributed by atoms with E-state index in [2.05, 4.69) is 16.5 Å². The van der Waals surface area contributed by atoms with Gasteiger partial charge in [0.05, 0.1) is 30.0 Å². The van der Waals surface area contributed by atoms with Gasteiger partial charge >= 0.3 is 0 Å². The first-order valence-electron chi connectivity index (χ1n) is 8.93. The summed E-state index contributed by atoms with van der Waals surface area (Å²) < 4.78 is 12.0. The average Bonchev–Trinajstić information content (AvgIpc) is 2.75. The predicted octanol–water partition coefficient (Wildman–Crippen LogP) is 4.01. The molecule has 2 aromatic heterocycles. The number of allylic oxidation sites excluding steroid dienone is 1. The van der Waals surface area contributed by atoms with Crippen LogP contribution in [0.5, 0.6) is 11.5 Å². The molecule has 3 aromatic rings. The van der Waals surface area contributed by atoms with E-state index in [1.807, 2.05) is 0 Å². The normalized spacial score (nSPS) is 10.8. The monoisotopic (exact) mass is 447 g/mol. The lowest BCUT2D eigenvalue weighted by atomic mass is 10.1. The highest BCUT2D eigenvalue weighted by molar-refractivity contribution is 6.41. The number of carbonyl (C=O) groups is 1. The molecule has 0 bridgehead atoms. The van der Waals surface area contributed by atoms with Crippen LogP contribution in [0.1, 0.15) is 12.2 Å². The van der Waals surface area contributed by atoms with Gasteiger partial charge in [-0.15, -0.1) is 0 Å². The molecule has 1 aromatic carbocycles. The van der Waals surface area contributed by atoms with Crippen molar-refractivity contribution in [1.29, 1.82) is 0 Å². The predicted molar refractivity (Wildman–Crippen MR) is 117 cm³/mol. The number of ether oxygens (including phenoxy) is 2. The van der Waals surface area contributed by atoms with Crippen molar-refractivity contribution >= 4 is 39.9 Å². The fourth-order valence-corrected chi connectivity index (χ4v) is 3.72. The summed E-state index contributed by atoms with van der Waals surface area (Å²) in [5.74, 6) is 1.01. The molecule has 0 aliphatic heterocycles. The fourth-order valence-electron chi connectivity index (χ4n) is 3.02. The summed E-state index contributed by atoms with van der Waals surface area (Å²) in [6.07, 6.45) is 3.33. The van der Waals surface area contributed by atoms with E-state index in [0.717, 1.165) is 0 Å². The Bertz CT molecular complexity index is 1190. The standard InChI is InChI=1S/C21H19Cl2N3O4/c1-5-12(27)6-7-16-24-10-11-8-13(26(2)21(28)20(11)25-16)17-18(22)14(29-3)9-15(30-4)19(17)23/h5,8-10H,1,6-7H2,2-4H3. The van der Waals surface area contributed by atoms with Crippen molar-refractivity contribution in [3.8, 4) is 22.8 Å². The highest BCUT2D eigenvalue weighted by atomic mass is 35.5. The lowest BCUT2D eigenvalue weighted by molar-refractivity contribution is -0.114. The Kier molecular flexibility index (Phi) is 6.43. The summed E-state index contributed by atoms with van der Waals surface area (Å²) >= 11 is 13.0. The van der Waals surface area contributed by atoms with Gasteiger partial charge in [0.1, 0.15) is 22.8 Å². The third-order valence-electron chi connectivity index (χ3n) is 4.68. The molecule has 0 aliphatic rings. The molecule has 0 saturated carbocycles. The van der Waals surface area contributed by atoms with Gasteiger partial charge in [0, 0.05) is 43.1 Å². The van der Waals surface area contributed by atoms with E-state index in [9.17, 15) is 9.59 Å². The van der Waals surface area contributed by atoms with E-state index in [4.69, 9.17) is 32.7 Å². The van der Waals surface area contributed by atoms with Gasteiger partial charge in [-0.05, 0) is 12.1 Å². The second-order valence-electron chi connectivity index (χ2n) is 6.44. The average molecular weight is 448 g/mol. The van der Waals surface area contributed by atoms with Gasteiger partial charge in [0.25, 0.3) is 5.56 Å². The van der Waals surface area contributed by atoms with Gasteiger partial charge in [-0.25, -0.2) is 9.97 Å². The molecule has 9 heteroatoms. The maximum atomic E-state index is 13.0. The Hall–Kier alpha value is -2.90. The Morgan fingerprint density at radius 3 is 2.40 bits per heavy atom. The van der Waals surface area contributed by atoms with Gasteiger partial charge in [0.15, 0.2) is 5.78 Å². The highest BCUT2D eigenvalue weighted by Crippen LogP contribution is 2.45. The van der Waals surface area contributed by atoms with Gasteiger partial charge in [-0.1, -0.05) is 29.8 Å². The number of benzene rings is 1. The fraction of sp³-hybridized carbons (Fsp3) is 0.238. The molecule has 3 rings (SSSR count). The molecule has 30 heavy (non-hydrogen) atoms. The molecule has 0 amide bonds. The number of hydrogen-bond acceptors (Lipinski definition) is 6. The molecular weight excluding hydrogens is 429 g/mol. The molecule has 0 saturated heterocycles. The van der Waals surface area contributed by atoms with Crippen molar-refractivity contribution in [2.24, 2.45) is 7.05 Å². The van der Waals surface area contributed by atoms with Crippen LogP contribution < -0.4 is 15.0 Å². The van der Waals surface area contributed by atoms with E-state index in [-0.39, 0.29) is 33.3 Å². The summed E-state index contributed by atoms with van der Waals surface area (Å²) in [5, 5.41) is 1.01. The molecule has 156 valence electrons. The number of halogens is 2. The summed E-state index contributed by atoms with van der Waals surface area (Å²) in [7, 11) is 4.55. The Balaban J connectivity index is 2.20. The van der Waals surface area contributed by atoms with Gasteiger partial charge in [-0.3, -0.25) is 9.59 Å². The number of hydrogen-bond donors (Lipinski definition) is 0. The first-order valence-corrected chi connectivity index (χ1v) is 9.69. The first kappa shape index (κ1) is 21.8.